The highest BCUT2D eigenvalue weighted by Crippen LogP contribution is 2.14. The number of anilines is 2. The molecule has 0 unspecified atom stereocenters. The smallest absolute Gasteiger partial charge is 0.210 e. The van der Waals surface area contributed by atoms with Gasteiger partial charge in [0.25, 0.3) is 0 Å². The molecule has 0 spiro atoms. The minimum Gasteiger partial charge on any atom is -0.342 e. The second-order valence-electron chi connectivity index (χ2n) is 8.11. The maximum Gasteiger partial charge on any atom is 0.210 e. The van der Waals surface area contributed by atoms with Crippen LogP contribution >= 0.6 is 23.2 Å². The number of guanidine groups is 3. The maximum absolute atomic E-state index is 8.23. The van der Waals surface area contributed by atoms with E-state index in [1.165, 1.54) is 0 Å². The van der Waals surface area contributed by atoms with Crippen LogP contribution in [0, 0.1) is 16.2 Å². The van der Waals surface area contributed by atoms with Crippen molar-refractivity contribution in [3.05, 3.63) is 94.0 Å². The second kappa shape index (κ2) is 12.7. The zero-order valence-electron chi connectivity index (χ0n) is 20.0. The summed E-state index contributed by atoms with van der Waals surface area (Å²) in [4.78, 5) is 3.49. The number of nitrogens with zero attached hydrogens (tertiary/aromatic N) is 2. The molecule has 0 saturated heterocycles. The first-order chi connectivity index (χ1) is 17.2. The lowest BCUT2D eigenvalue weighted by Crippen LogP contribution is -2.43. The minimum atomic E-state index is -0.00540. The fourth-order valence-corrected chi connectivity index (χ4v) is 3.39. The standard InChI is InChI=1S/C25H29Cl2N9/c1-35(24(29)32-23(28)31-21-11-7-19(26)8-12-21)15-17-3-5-18(6-4-17)16-36(2)25(30)34-33-22-13-9-20(27)10-14-22/h3-14,33H,15-16H2,1-2H3,(H2,30,34)(H4,28,29,31,32). The van der Waals surface area contributed by atoms with Crippen molar-refractivity contribution in [2.45, 2.75) is 13.1 Å². The summed E-state index contributed by atoms with van der Waals surface area (Å²) in [5.74, 6) is 0.315. The van der Waals surface area contributed by atoms with Crippen LogP contribution < -0.4 is 21.5 Å². The molecule has 0 aromatic heterocycles. The van der Waals surface area contributed by atoms with Crippen molar-refractivity contribution in [2.75, 3.05) is 24.8 Å². The van der Waals surface area contributed by atoms with Crippen molar-refractivity contribution in [1.82, 2.24) is 20.5 Å². The van der Waals surface area contributed by atoms with Gasteiger partial charge in [0, 0.05) is 42.9 Å². The Hall–Kier alpha value is -3.95. The van der Waals surface area contributed by atoms with Gasteiger partial charge >= 0.3 is 0 Å². The molecule has 3 aromatic carbocycles. The van der Waals surface area contributed by atoms with E-state index in [9.17, 15) is 0 Å². The summed E-state index contributed by atoms with van der Waals surface area (Å²) in [5, 5.41) is 31.4. The van der Waals surface area contributed by atoms with Gasteiger partial charge in [-0.1, -0.05) is 47.5 Å². The molecular weight excluding hydrogens is 497 g/mol. The predicted octanol–water partition coefficient (Wildman–Crippen LogP) is 4.98. The van der Waals surface area contributed by atoms with Crippen LogP contribution in [0.15, 0.2) is 72.8 Å². The summed E-state index contributed by atoms with van der Waals surface area (Å²) >= 11 is 11.8. The number of nitrogens with one attached hydrogen (secondary N) is 7. The number of hydrazine groups is 1. The molecule has 0 saturated carbocycles. The fraction of sp³-hybridized carbons (Fsp3) is 0.160. The molecule has 3 rings (SSSR count). The number of hydrogen-bond donors (Lipinski definition) is 7. The molecule has 0 aliphatic heterocycles. The van der Waals surface area contributed by atoms with Gasteiger partial charge in [-0.2, -0.15) is 0 Å². The number of halogens is 2. The third-order valence-electron chi connectivity index (χ3n) is 5.15. The Balaban J connectivity index is 1.43. The molecule has 0 heterocycles. The van der Waals surface area contributed by atoms with Gasteiger partial charge in [0.15, 0.2) is 11.9 Å². The van der Waals surface area contributed by atoms with Gasteiger partial charge in [0.2, 0.25) is 5.96 Å². The van der Waals surface area contributed by atoms with Crippen LogP contribution in [0.5, 0.6) is 0 Å². The number of benzene rings is 3. The maximum atomic E-state index is 8.23. The average molecular weight is 526 g/mol. The molecule has 0 amide bonds. The lowest BCUT2D eigenvalue weighted by molar-refractivity contribution is 0.477. The zero-order valence-corrected chi connectivity index (χ0v) is 21.5. The lowest BCUT2D eigenvalue weighted by atomic mass is 10.1. The molecule has 11 heteroatoms. The van der Waals surface area contributed by atoms with Gasteiger partial charge in [-0.05, 0) is 59.7 Å². The Morgan fingerprint density at radius 2 is 1.11 bits per heavy atom. The first-order valence-electron chi connectivity index (χ1n) is 11.0. The molecular formula is C25H29Cl2N9. The first kappa shape index (κ1) is 26.7. The molecule has 36 heavy (non-hydrogen) atoms. The van der Waals surface area contributed by atoms with Crippen molar-refractivity contribution < 1.29 is 0 Å². The zero-order chi connectivity index (χ0) is 26.1. The topological polar surface area (TPSA) is 126 Å². The van der Waals surface area contributed by atoms with Crippen molar-refractivity contribution in [1.29, 1.82) is 16.2 Å². The number of rotatable bonds is 7. The third-order valence-corrected chi connectivity index (χ3v) is 5.66. The highest BCUT2D eigenvalue weighted by Gasteiger charge is 2.09. The van der Waals surface area contributed by atoms with Crippen LogP contribution in [0.4, 0.5) is 11.4 Å². The Kier molecular flexibility index (Phi) is 9.38. The van der Waals surface area contributed by atoms with Crippen molar-refractivity contribution in [3.63, 3.8) is 0 Å². The molecule has 0 aliphatic rings. The molecule has 9 nitrogen and oxygen atoms in total. The van der Waals surface area contributed by atoms with E-state index in [1.54, 1.807) is 53.2 Å². The summed E-state index contributed by atoms with van der Waals surface area (Å²) in [6, 6.07) is 22.2. The molecule has 0 radical (unpaired) electrons. The lowest BCUT2D eigenvalue weighted by Gasteiger charge is -2.23. The molecule has 0 bridgehead atoms. The third kappa shape index (κ3) is 8.37. The summed E-state index contributed by atoms with van der Waals surface area (Å²) < 4.78 is 0. The minimum absolute atomic E-state index is 0.00540. The van der Waals surface area contributed by atoms with E-state index in [4.69, 9.17) is 39.4 Å². The quantitative estimate of drug-likeness (QED) is 0.132. The van der Waals surface area contributed by atoms with Gasteiger partial charge in [-0.15, -0.1) is 0 Å². The van der Waals surface area contributed by atoms with E-state index in [2.05, 4.69) is 21.5 Å². The SMILES string of the molecule is CN(Cc1ccc(CN(C)C(=N)NC(=N)Nc2ccc(Cl)cc2)cc1)C(=N)NNc1ccc(Cl)cc1. The Morgan fingerprint density at radius 3 is 1.61 bits per heavy atom. The summed E-state index contributed by atoms with van der Waals surface area (Å²) in [6.45, 7) is 1.05. The van der Waals surface area contributed by atoms with Crippen molar-refractivity contribution in [2.24, 2.45) is 0 Å². The van der Waals surface area contributed by atoms with Gasteiger partial charge in [0.05, 0.1) is 5.69 Å². The van der Waals surface area contributed by atoms with Crippen LogP contribution in [0.1, 0.15) is 11.1 Å². The van der Waals surface area contributed by atoms with Gasteiger partial charge in [0.1, 0.15) is 0 Å². The van der Waals surface area contributed by atoms with E-state index < -0.39 is 0 Å². The Labute approximate surface area is 220 Å². The van der Waals surface area contributed by atoms with Gasteiger partial charge < -0.3 is 15.1 Å². The average Bonchev–Trinajstić information content (AvgIpc) is 2.86. The van der Waals surface area contributed by atoms with Crippen LogP contribution in [0.3, 0.4) is 0 Å². The molecule has 3 aromatic rings. The first-order valence-corrected chi connectivity index (χ1v) is 11.8. The second-order valence-corrected chi connectivity index (χ2v) is 8.99. The highest BCUT2D eigenvalue weighted by molar-refractivity contribution is 6.30. The van der Waals surface area contributed by atoms with E-state index in [0.29, 0.717) is 28.8 Å². The van der Waals surface area contributed by atoms with Crippen molar-refractivity contribution in [3.8, 4) is 0 Å². The highest BCUT2D eigenvalue weighted by atomic mass is 35.5. The van der Waals surface area contributed by atoms with Crippen LogP contribution in [0.25, 0.3) is 0 Å². The van der Waals surface area contributed by atoms with Gasteiger partial charge in [-0.3, -0.25) is 32.4 Å². The largest absolute Gasteiger partial charge is 0.342 e. The predicted molar refractivity (Wildman–Crippen MR) is 149 cm³/mol. The van der Waals surface area contributed by atoms with E-state index in [-0.39, 0.29) is 17.9 Å². The summed E-state index contributed by atoms with van der Waals surface area (Å²) in [6.07, 6.45) is 0. The van der Waals surface area contributed by atoms with Crippen LogP contribution in [-0.4, -0.2) is 41.8 Å². The number of hydrogen-bond acceptors (Lipinski definition) is 4. The van der Waals surface area contributed by atoms with E-state index in [0.717, 1.165) is 16.8 Å². The van der Waals surface area contributed by atoms with E-state index >= 15 is 0 Å². The summed E-state index contributed by atoms with van der Waals surface area (Å²) in [5.41, 5.74) is 9.43. The monoisotopic (exact) mass is 525 g/mol. The van der Waals surface area contributed by atoms with Gasteiger partial charge in [-0.25, -0.2) is 0 Å². The Morgan fingerprint density at radius 1 is 0.667 bits per heavy atom. The molecule has 0 aliphatic carbocycles. The molecule has 0 fully saturated rings. The molecule has 188 valence electrons. The van der Waals surface area contributed by atoms with Crippen LogP contribution in [-0.2, 0) is 13.1 Å². The summed E-state index contributed by atoms with van der Waals surface area (Å²) in [7, 11) is 3.62. The normalized spacial score (nSPS) is 10.2. The molecule has 7 N–H and O–H groups in total. The van der Waals surface area contributed by atoms with E-state index in [1.807, 2.05) is 43.4 Å². The van der Waals surface area contributed by atoms with Crippen molar-refractivity contribution >= 4 is 52.5 Å². The Bertz CT molecular complexity index is 1180. The fourth-order valence-electron chi connectivity index (χ4n) is 3.14. The van der Waals surface area contributed by atoms with Crippen LogP contribution in [0.2, 0.25) is 10.0 Å². The molecule has 0 atom stereocenters.